The van der Waals surface area contributed by atoms with Gasteiger partial charge in [-0.3, -0.25) is 4.90 Å². The first-order valence-electron chi connectivity index (χ1n) is 5.56. The van der Waals surface area contributed by atoms with Crippen molar-refractivity contribution in [3.63, 3.8) is 0 Å². The van der Waals surface area contributed by atoms with E-state index in [1.54, 1.807) is 0 Å². The lowest BCUT2D eigenvalue weighted by atomic mass is 10.0. The summed E-state index contributed by atoms with van der Waals surface area (Å²) in [6, 6.07) is 0.606. The highest BCUT2D eigenvalue weighted by Gasteiger charge is 2.14. The SMILES string of the molecule is C=C(C)C(CCCC)N(CC)CC. The molecule has 0 N–H and O–H groups in total. The third-order valence-electron chi connectivity index (χ3n) is 2.65. The van der Waals surface area contributed by atoms with Crippen LogP contribution in [0.2, 0.25) is 0 Å². The van der Waals surface area contributed by atoms with E-state index in [1.807, 2.05) is 0 Å². The Balaban J connectivity index is 4.12. The number of unbranched alkanes of at least 4 members (excludes halogenated alkanes) is 1. The summed E-state index contributed by atoms with van der Waals surface area (Å²) in [4.78, 5) is 2.50. The second-order valence-corrected chi connectivity index (χ2v) is 3.73. The molecule has 0 saturated heterocycles. The molecule has 0 bridgehead atoms. The summed E-state index contributed by atoms with van der Waals surface area (Å²) in [6.07, 6.45) is 3.87. The minimum absolute atomic E-state index is 0.606. The summed E-state index contributed by atoms with van der Waals surface area (Å²) in [5.41, 5.74) is 1.32. The number of rotatable bonds is 7. The Morgan fingerprint density at radius 1 is 1.23 bits per heavy atom. The average molecular weight is 183 g/mol. The summed E-state index contributed by atoms with van der Waals surface area (Å²) in [5, 5.41) is 0. The number of nitrogens with zero attached hydrogens (tertiary/aromatic N) is 1. The van der Waals surface area contributed by atoms with Gasteiger partial charge in [0.15, 0.2) is 0 Å². The highest BCUT2D eigenvalue weighted by molar-refractivity contribution is 5.02. The zero-order valence-corrected chi connectivity index (χ0v) is 9.77. The molecule has 0 aliphatic heterocycles. The molecule has 0 rings (SSSR count). The lowest BCUT2D eigenvalue weighted by Crippen LogP contribution is -2.35. The van der Waals surface area contributed by atoms with E-state index in [-0.39, 0.29) is 0 Å². The van der Waals surface area contributed by atoms with Gasteiger partial charge in [-0.1, -0.05) is 45.8 Å². The van der Waals surface area contributed by atoms with Crippen LogP contribution in [0.1, 0.15) is 47.0 Å². The van der Waals surface area contributed by atoms with Gasteiger partial charge < -0.3 is 0 Å². The van der Waals surface area contributed by atoms with Crippen LogP contribution in [0.3, 0.4) is 0 Å². The Labute approximate surface area is 83.8 Å². The Kier molecular flexibility index (Phi) is 6.97. The van der Waals surface area contributed by atoms with Crippen molar-refractivity contribution in [2.45, 2.75) is 53.0 Å². The van der Waals surface area contributed by atoms with E-state index in [0.717, 1.165) is 13.1 Å². The van der Waals surface area contributed by atoms with Crippen molar-refractivity contribution in [3.8, 4) is 0 Å². The molecule has 0 aliphatic rings. The molecular weight excluding hydrogens is 158 g/mol. The first kappa shape index (κ1) is 12.7. The van der Waals surface area contributed by atoms with E-state index >= 15 is 0 Å². The lowest BCUT2D eigenvalue weighted by Gasteiger charge is -2.30. The molecule has 0 fully saturated rings. The standard InChI is InChI=1S/C12H25N/c1-6-9-10-12(11(4)5)13(7-2)8-3/h12H,4,6-10H2,1-3,5H3. The van der Waals surface area contributed by atoms with Crippen molar-refractivity contribution in [2.24, 2.45) is 0 Å². The number of hydrogen-bond donors (Lipinski definition) is 0. The van der Waals surface area contributed by atoms with Crippen molar-refractivity contribution in [1.82, 2.24) is 4.90 Å². The van der Waals surface area contributed by atoms with Crippen LogP contribution in [-0.2, 0) is 0 Å². The van der Waals surface area contributed by atoms with Crippen molar-refractivity contribution < 1.29 is 0 Å². The highest BCUT2D eigenvalue weighted by atomic mass is 15.1. The minimum atomic E-state index is 0.606. The number of hydrogen-bond acceptors (Lipinski definition) is 1. The summed E-state index contributed by atoms with van der Waals surface area (Å²) in [7, 11) is 0. The van der Waals surface area contributed by atoms with Gasteiger partial charge in [-0.15, -0.1) is 0 Å². The Bertz CT molecular complexity index is 136. The fraction of sp³-hybridized carbons (Fsp3) is 0.833. The minimum Gasteiger partial charge on any atom is -0.297 e. The van der Waals surface area contributed by atoms with Crippen molar-refractivity contribution >= 4 is 0 Å². The summed E-state index contributed by atoms with van der Waals surface area (Å²) in [5.74, 6) is 0. The van der Waals surface area contributed by atoms with Gasteiger partial charge in [0.1, 0.15) is 0 Å². The Hall–Kier alpha value is -0.300. The molecule has 0 saturated carbocycles. The number of likely N-dealkylation sites (N-methyl/N-ethyl adjacent to an activating group) is 1. The van der Waals surface area contributed by atoms with Crippen LogP contribution in [0.4, 0.5) is 0 Å². The van der Waals surface area contributed by atoms with Crippen molar-refractivity contribution in [3.05, 3.63) is 12.2 Å². The van der Waals surface area contributed by atoms with E-state index in [4.69, 9.17) is 0 Å². The van der Waals surface area contributed by atoms with Crippen LogP contribution >= 0.6 is 0 Å². The Morgan fingerprint density at radius 2 is 1.77 bits per heavy atom. The molecule has 1 nitrogen and oxygen atoms in total. The molecular formula is C12H25N. The van der Waals surface area contributed by atoms with Gasteiger partial charge in [-0.2, -0.15) is 0 Å². The summed E-state index contributed by atoms with van der Waals surface area (Å²) >= 11 is 0. The van der Waals surface area contributed by atoms with Gasteiger partial charge in [0.25, 0.3) is 0 Å². The molecule has 78 valence electrons. The van der Waals surface area contributed by atoms with Crippen LogP contribution in [0.15, 0.2) is 12.2 Å². The first-order chi connectivity index (χ1) is 6.17. The third kappa shape index (κ3) is 4.47. The Morgan fingerprint density at radius 3 is 2.08 bits per heavy atom. The lowest BCUT2D eigenvalue weighted by molar-refractivity contribution is 0.231. The maximum Gasteiger partial charge on any atom is 0.0302 e. The smallest absolute Gasteiger partial charge is 0.0302 e. The molecule has 0 heterocycles. The van der Waals surface area contributed by atoms with Gasteiger partial charge in [0, 0.05) is 6.04 Å². The van der Waals surface area contributed by atoms with Crippen LogP contribution in [0.5, 0.6) is 0 Å². The second-order valence-electron chi connectivity index (χ2n) is 3.73. The zero-order chi connectivity index (χ0) is 10.3. The molecule has 1 unspecified atom stereocenters. The van der Waals surface area contributed by atoms with E-state index in [1.165, 1.54) is 24.8 Å². The largest absolute Gasteiger partial charge is 0.297 e. The van der Waals surface area contributed by atoms with Crippen LogP contribution in [0, 0.1) is 0 Å². The monoisotopic (exact) mass is 183 g/mol. The van der Waals surface area contributed by atoms with Gasteiger partial charge in [0.2, 0.25) is 0 Å². The molecule has 0 amide bonds. The molecule has 0 aromatic carbocycles. The van der Waals surface area contributed by atoms with Crippen LogP contribution < -0.4 is 0 Å². The normalized spacial score (nSPS) is 13.3. The molecule has 1 heteroatoms. The molecule has 0 aliphatic carbocycles. The van der Waals surface area contributed by atoms with Crippen LogP contribution in [0.25, 0.3) is 0 Å². The molecule has 0 aromatic rings. The van der Waals surface area contributed by atoms with Gasteiger partial charge >= 0.3 is 0 Å². The predicted molar refractivity (Wildman–Crippen MR) is 61.0 cm³/mol. The van der Waals surface area contributed by atoms with E-state index in [2.05, 4.69) is 39.2 Å². The maximum absolute atomic E-state index is 4.08. The fourth-order valence-corrected chi connectivity index (χ4v) is 1.80. The average Bonchev–Trinajstić information content (AvgIpc) is 2.11. The molecule has 0 aromatic heterocycles. The van der Waals surface area contributed by atoms with Crippen LogP contribution in [-0.4, -0.2) is 24.0 Å². The molecule has 13 heavy (non-hydrogen) atoms. The highest BCUT2D eigenvalue weighted by Crippen LogP contribution is 2.15. The zero-order valence-electron chi connectivity index (χ0n) is 9.77. The summed E-state index contributed by atoms with van der Waals surface area (Å²) < 4.78 is 0. The topological polar surface area (TPSA) is 3.24 Å². The predicted octanol–water partition coefficient (Wildman–Crippen LogP) is 3.46. The van der Waals surface area contributed by atoms with E-state index < -0.39 is 0 Å². The molecule has 1 atom stereocenters. The van der Waals surface area contributed by atoms with Gasteiger partial charge in [0.05, 0.1) is 0 Å². The van der Waals surface area contributed by atoms with Crippen molar-refractivity contribution in [2.75, 3.05) is 13.1 Å². The maximum atomic E-state index is 4.08. The summed E-state index contributed by atoms with van der Waals surface area (Å²) in [6.45, 7) is 15.2. The van der Waals surface area contributed by atoms with Crippen molar-refractivity contribution in [1.29, 1.82) is 0 Å². The van der Waals surface area contributed by atoms with Gasteiger partial charge in [-0.05, 0) is 26.4 Å². The van der Waals surface area contributed by atoms with Gasteiger partial charge in [-0.25, -0.2) is 0 Å². The van der Waals surface area contributed by atoms with E-state index in [9.17, 15) is 0 Å². The molecule has 0 radical (unpaired) electrons. The second kappa shape index (κ2) is 7.14. The first-order valence-corrected chi connectivity index (χ1v) is 5.56. The van der Waals surface area contributed by atoms with E-state index in [0.29, 0.717) is 6.04 Å². The third-order valence-corrected chi connectivity index (χ3v) is 2.65. The quantitative estimate of drug-likeness (QED) is 0.546. The molecule has 0 spiro atoms. The fourth-order valence-electron chi connectivity index (χ4n) is 1.80.